The highest BCUT2D eigenvalue weighted by Crippen LogP contribution is 2.33. The van der Waals surface area contributed by atoms with Crippen molar-refractivity contribution < 1.29 is 9.59 Å². The predicted molar refractivity (Wildman–Crippen MR) is 124 cm³/mol. The van der Waals surface area contributed by atoms with E-state index in [9.17, 15) is 9.59 Å². The monoisotopic (exact) mass is 448 g/mol. The van der Waals surface area contributed by atoms with Crippen LogP contribution in [0.4, 0.5) is 5.82 Å². The number of carbonyl (C=O) groups excluding carboxylic acids is 2. The molecule has 0 aliphatic carbocycles. The van der Waals surface area contributed by atoms with Crippen molar-refractivity contribution in [1.29, 1.82) is 0 Å². The second-order valence-corrected chi connectivity index (χ2v) is 7.97. The summed E-state index contributed by atoms with van der Waals surface area (Å²) in [7, 11) is 0. The van der Waals surface area contributed by atoms with E-state index in [1.165, 1.54) is 11.3 Å². The third-order valence-electron chi connectivity index (χ3n) is 5.85. The molecule has 10 heteroatoms. The first-order valence-electron chi connectivity index (χ1n) is 10.9. The molecule has 2 aromatic rings. The molecular formula is C23H28N8O2. The van der Waals surface area contributed by atoms with Gasteiger partial charge >= 0.3 is 0 Å². The molecule has 0 radical (unpaired) electrons. The summed E-state index contributed by atoms with van der Waals surface area (Å²) in [4.78, 5) is 27.1. The summed E-state index contributed by atoms with van der Waals surface area (Å²) in [5.41, 5.74) is 7.95. The van der Waals surface area contributed by atoms with E-state index in [4.69, 9.17) is 11.6 Å². The number of nitrogens with zero attached hydrogens (tertiary/aromatic N) is 5. The Bertz CT molecular complexity index is 1070. The number of piperidine rings is 1. The Morgan fingerprint density at radius 2 is 1.97 bits per heavy atom. The molecule has 2 aliphatic heterocycles. The van der Waals surface area contributed by atoms with Crippen LogP contribution in [0, 0.1) is 0 Å². The minimum Gasteiger partial charge on any atom is -0.364 e. The number of anilines is 1. The van der Waals surface area contributed by atoms with Crippen molar-refractivity contribution in [3.8, 4) is 0 Å². The number of primary amides is 1. The van der Waals surface area contributed by atoms with Gasteiger partial charge in [0.1, 0.15) is 11.9 Å². The number of nitrogens with two attached hydrogens (primary N) is 2. The molecule has 1 fully saturated rings. The Morgan fingerprint density at radius 3 is 2.64 bits per heavy atom. The van der Waals surface area contributed by atoms with E-state index in [0.717, 1.165) is 36.9 Å². The van der Waals surface area contributed by atoms with Gasteiger partial charge in [-0.1, -0.05) is 18.2 Å². The fourth-order valence-electron chi connectivity index (χ4n) is 4.32. The summed E-state index contributed by atoms with van der Waals surface area (Å²) in [5, 5.41) is 13.7. The standard InChI is InChI=1S/C23H28N8O2/c1-2-13-29-14-4-3-7-20(29)30-15-18(21(22(24)32)31(30)25)16-8-10-17(11-9-16)23(33)27-19-6-5-12-26-28-19/h2,5-6,8-13,20H,3-4,7,14-15,25H2,1H3,(H2,24,32)(H,27,28,33)/t20-/m0/s1. The van der Waals surface area contributed by atoms with Crippen molar-refractivity contribution in [2.24, 2.45) is 11.6 Å². The Hall–Kier alpha value is -3.76. The molecule has 1 atom stereocenters. The number of hydrazine groups is 2. The van der Waals surface area contributed by atoms with Gasteiger partial charge in [-0.3, -0.25) is 9.59 Å². The SMILES string of the molecule is CC=CN1CCCC[C@@H]1N1CC(c2ccc(C(=O)Nc3cccnn3)cc2)=C(C(N)=O)N1N. The van der Waals surface area contributed by atoms with Crippen LogP contribution in [0.25, 0.3) is 5.57 Å². The number of allylic oxidation sites excluding steroid dienone is 1. The zero-order valence-corrected chi connectivity index (χ0v) is 18.5. The number of aromatic nitrogens is 2. The lowest BCUT2D eigenvalue weighted by Crippen LogP contribution is -2.56. The lowest BCUT2D eigenvalue weighted by molar-refractivity contribution is -0.121. The van der Waals surface area contributed by atoms with Gasteiger partial charge in [0.15, 0.2) is 5.82 Å². The van der Waals surface area contributed by atoms with Gasteiger partial charge < -0.3 is 16.0 Å². The van der Waals surface area contributed by atoms with Crippen LogP contribution < -0.4 is 16.9 Å². The number of carbonyl (C=O) groups is 2. The van der Waals surface area contributed by atoms with E-state index >= 15 is 0 Å². The van der Waals surface area contributed by atoms with Crippen molar-refractivity contribution in [3.63, 3.8) is 0 Å². The topological polar surface area (TPSA) is 134 Å². The molecule has 1 aromatic carbocycles. The molecule has 172 valence electrons. The fraction of sp³-hybridized carbons (Fsp3) is 0.304. The van der Waals surface area contributed by atoms with E-state index in [-0.39, 0.29) is 17.8 Å². The van der Waals surface area contributed by atoms with Crippen LogP contribution in [0.5, 0.6) is 0 Å². The van der Waals surface area contributed by atoms with Gasteiger partial charge in [-0.05, 0) is 62.2 Å². The largest absolute Gasteiger partial charge is 0.364 e. The van der Waals surface area contributed by atoms with Gasteiger partial charge in [0, 0.05) is 30.4 Å². The molecule has 2 aliphatic rings. The van der Waals surface area contributed by atoms with E-state index < -0.39 is 5.91 Å². The van der Waals surface area contributed by atoms with Gasteiger partial charge in [0.25, 0.3) is 11.8 Å². The first-order valence-corrected chi connectivity index (χ1v) is 10.9. The van der Waals surface area contributed by atoms with E-state index in [1.807, 2.05) is 18.0 Å². The van der Waals surface area contributed by atoms with Crippen molar-refractivity contribution in [2.75, 3.05) is 18.4 Å². The van der Waals surface area contributed by atoms with E-state index in [2.05, 4.69) is 26.6 Å². The molecule has 1 saturated heterocycles. The number of amides is 2. The lowest BCUT2D eigenvalue weighted by atomic mass is 10.0. The van der Waals surface area contributed by atoms with Crippen molar-refractivity contribution in [1.82, 2.24) is 25.2 Å². The Balaban J connectivity index is 1.56. The summed E-state index contributed by atoms with van der Waals surface area (Å²) >= 11 is 0. The van der Waals surface area contributed by atoms with Crippen LogP contribution in [0.1, 0.15) is 42.1 Å². The average Bonchev–Trinajstić information content (AvgIpc) is 3.17. The molecule has 0 saturated carbocycles. The fourth-order valence-corrected chi connectivity index (χ4v) is 4.32. The van der Waals surface area contributed by atoms with Gasteiger partial charge in [0.2, 0.25) is 0 Å². The smallest absolute Gasteiger partial charge is 0.268 e. The van der Waals surface area contributed by atoms with Gasteiger partial charge in [-0.15, -0.1) is 5.10 Å². The normalized spacial score (nSPS) is 19.4. The van der Waals surface area contributed by atoms with Crippen molar-refractivity contribution in [2.45, 2.75) is 32.4 Å². The summed E-state index contributed by atoms with van der Waals surface area (Å²) in [6.45, 7) is 3.35. The number of likely N-dealkylation sites (tertiary alicyclic amines) is 1. The molecular weight excluding hydrogens is 420 g/mol. The second-order valence-electron chi connectivity index (χ2n) is 7.97. The minimum absolute atomic E-state index is 0.0313. The molecule has 33 heavy (non-hydrogen) atoms. The molecule has 4 rings (SSSR count). The van der Waals surface area contributed by atoms with E-state index in [0.29, 0.717) is 17.9 Å². The van der Waals surface area contributed by atoms with Crippen LogP contribution in [0.15, 0.2) is 60.6 Å². The van der Waals surface area contributed by atoms with Crippen molar-refractivity contribution in [3.05, 3.63) is 71.7 Å². The molecule has 2 amide bonds. The maximum absolute atomic E-state index is 12.5. The van der Waals surface area contributed by atoms with Crippen LogP contribution in [0.2, 0.25) is 0 Å². The molecule has 1 aromatic heterocycles. The zero-order valence-electron chi connectivity index (χ0n) is 18.5. The predicted octanol–water partition coefficient (Wildman–Crippen LogP) is 1.68. The third kappa shape index (κ3) is 4.71. The minimum atomic E-state index is -0.590. The maximum atomic E-state index is 12.5. The number of rotatable bonds is 6. The summed E-state index contributed by atoms with van der Waals surface area (Å²) in [6, 6.07) is 10.3. The lowest BCUT2D eigenvalue weighted by Gasteiger charge is -2.43. The first-order chi connectivity index (χ1) is 16.0. The number of hydrogen-bond donors (Lipinski definition) is 3. The highest BCUT2D eigenvalue weighted by molar-refractivity contribution is 6.04. The highest BCUT2D eigenvalue weighted by Gasteiger charge is 2.38. The Morgan fingerprint density at radius 1 is 1.18 bits per heavy atom. The molecule has 3 heterocycles. The summed E-state index contributed by atoms with van der Waals surface area (Å²) < 4.78 is 0. The maximum Gasteiger partial charge on any atom is 0.268 e. The zero-order chi connectivity index (χ0) is 23.4. The molecule has 0 spiro atoms. The Kier molecular flexibility index (Phi) is 6.66. The van der Waals surface area contributed by atoms with Gasteiger partial charge in [0.05, 0.1) is 0 Å². The number of nitrogens with one attached hydrogen (secondary N) is 1. The van der Waals surface area contributed by atoms with Crippen LogP contribution in [0.3, 0.4) is 0 Å². The highest BCUT2D eigenvalue weighted by atomic mass is 16.2. The van der Waals surface area contributed by atoms with Crippen LogP contribution in [-0.2, 0) is 4.79 Å². The second kappa shape index (κ2) is 9.80. The van der Waals surface area contributed by atoms with Crippen LogP contribution in [-0.4, -0.2) is 56.3 Å². The molecule has 0 unspecified atom stereocenters. The van der Waals surface area contributed by atoms with Crippen LogP contribution >= 0.6 is 0 Å². The first kappa shape index (κ1) is 22.4. The van der Waals surface area contributed by atoms with Crippen molar-refractivity contribution >= 4 is 23.2 Å². The summed E-state index contributed by atoms with van der Waals surface area (Å²) in [5.74, 6) is 5.86. The van der Waals surface area contributed by atoms with Gasteiger partial charge in [-0.2, -0.15) is 10.1 Å². The van der Waals surface area contributed by atoms with Gasteiger partial charge in [-0.25, -0.2) is 11.0 Å². The molecule has 5 N–H and O–H groups in total. The Labute approximate surface area is 192 Å². The quantitative estimate of drug-likeness (QED) is 0.569. The van der Waals surface area contributed by atoms with E-state index in [1.54, 1.807) is 36.4 Å². The number of benzene rings is 1. The third-order valence-corrected chi connectivity index (χ3v) is 5.85. The molecule has 0 bridgehead atoms. The molecule has 10 nitrogen and oxygen atoms in total. The average molecular weight is 449 g/mol. The number of hydrogen-bond acceptors (Lipinski definition) is 8. The summed E-state index contributed by atoms with van der Waals surface area (Å²) in [6.07, 6.45) is 8.75.